The fraction of sp³-hybridized carbons (Fsp3) is 0.458. The van der Waals surface area contributed by atoms with E-state index in [0.717, 1.165) is 36.5 Å². The summed E-state index contributed by atoms with van der Waals surface area (Å²) in [6, 6.07) is 12.0. The number of aliphatic hydroxyl groups excluding tert-OH is 1. The van der Waals surface area contributed by atoms with E-state index in [9.17, 15) is 9.50 Å². The molecule has 7 heteroatoms. The summed E-state index contributed by atoms with van der Waals surface area (Å²) in [5.41, 5.74) is 2.79. The van der Waals surface area contributed by atoms with Gasteiger partial charge in [0.15, 0.2) is 5.96 Å². The molecule has 1 aliphatic heterocycles. The lowest BCUT2D eigenvalue weighted by atomic mass is 10.1. The molecular weight excluding hydrogens is 397 g/mol. The quantitative estimate of drug-likeness (QED) is 0.421. The lowest BCUT2D eigenvalue weighted by Gasteiger charge is -2.17. The molecule has 0 spiro atoms. The molecule has 0 bridgehead atoms. The maximum Gasteiger partial charge on any atom is 0.191 e. The van der Waals surface area contributed by atoms with Crippen LogP contribution in [-0.4, -0.2) is 44.0 Å². The van der Waals surface area contributed by atoms with Crippen LogP contribution in [0.2, 0.25) is 0 Å². The highest BCUT2D eigenvalue weighted by molar-refractivity contribution is 5.79. The first-order chi connectivity index (χ1) is 15.0. The lowest BCUT2D eigenvalue weighted by Crippen LogP contribution is -2.39. The van der Waals surface area contributed by atoms with E-state index in [1.165, 1.54) is 12.1 Å². The fourth-order valence-corrected chi connectivity index (χ4v) is 3.35. The van der Waals surface area contributed by atoms with Gasteiger partial charge < -0.3 is 25.2 Å². The second kappa shape index (κ2) is 11.7. The third kappa shape index (κ3) is 7.22. The maximum absolute atomic E-state index is 13.1. The van der Waals surface area contributed by atoms with Crippen LogP contribution in [0.25, 0.3) is 0 Å². The SMILES string of the molecule is CCNC(=NCc1ccc(C)cc1OCC1CCOC1)NCC(O)c1ccc(F)cc1. The van der Waals surface area contributed by atoms with Crippen molar-refractivity contribution in [2.75, 3.05) is 32.9 Å². The molecule has 1 heterocycles. The smallest absolute Gasteiger partial charge is 0.191 e. The third-order valence-electron chi connectivity index (χ3n) is 5.19. The first kappa shape index (κ1) is 23.0. The Kier molecular flexibility index (Phi) is 8.67. The Morgan fingerprint density at radius 1 is 1.26 bits per heavy atom. The van der Waals surface area contributed by atoms with Crippen LogP contribution >= 0.6 is 0 Å². The molecule has 1 aliphatic rings. The van der Waals surface area contributed by atoms with Crippen molar-refractivity contribution >= 4 is 5.96 Å². The Morgan fingerprint density at radius 3 is 2.77 bits per heavy atom. The molecule has 168 valence electrons. The van der Waals surface area contributed by atoms with Crippen molar-refractivity contribution in [1.82, 2.24) is 10.6 Å². The average Bonchev–Trinajstić information content (AvgIpc) is 3.29. The minimum atomic E-state index is -0.767. The fourth-order valence-electron chi connectivity index (χ4n) is 3.35. The largest absolute Gasteiger partial charge is 0.493 e. The molecule has 2 atom stereocenters. The molecule has 0 saturated carbocycles. The van der Waals surface area contributed by atoms with E-state index in [-0.39, 0.29) is 12.4 Å². The Bertz CT molecular complexity index is 852. The Hall–Kier alpha value is -2.64. The van der Waals surface area contributed by atoms with Crippen LogP contribution < -0.4 is 15.4 Å². The van der Waals surface area contributed by atoms with Crippen LogP contribution in [0.15, 0.2) is 47.5 Å². The van der Waals surface area contributed by atoms with E-state index in [1.807, 2.05) is 26.0 Å². The number of benzene rings is 2. The van der Waals surface area contributed by atoms with Crippen molar-refractivity contribution in [2.24, 2.45) is 10.9 Å². The molecule has 0 aliphatic carbocycles. The monoisotopic (exact) mass is 429 g/mol. The highest BCUT2D eigenvalue weighted by Crippen LogP contribution is 2.23. The molecule has 1 fully saturated rings. The van der Waals surface area contributed by atoms with Crippen molar-refractivity contribution in [1.29, 1.82) is 0 Å². The van der Waals surface area contributed by atoms with Gasteiger partial charge in [-0.1, -0.05) is 24.3 Å². The van der Waals surface area contributed by atoms with E-state index in [4.69, 9.17) is 9.47 Å². The average molecular weight is 430 g/mol. The zero-order valence-corrected chi connectivity index (χ0v) is 18.2. The van der Waals surface area contributed by atoms with Crippen LogP contribution in [0.5, 0.6) is 5.75 Å². The molecule has 0 radical (unpaired) electrons. The zero-order valence-electron chi connectivity index (χ0n) is 18.2. The van der Waals surface area contributed by atoms with E-state index in [2.05, 4.69) is 21.7 Å². The second-order valence-corrected chi connectivity index (χ2v) is 7.80. The number of ether oxygens (including phenoxy) is 2. The summed E-state index contributed by atoms with van der Waals surface area (Å²) in [4.78, 5) is 4.65. The molecule has 0 aromatic heterocycles. The molecule has 0 amide bonds. The number of nitrogens with one attached hydrogen (secondary N) is 2. The Labute approximate surface area is 183 Å². The van der Waals surface area contributed by atoms with Crippen molar-refractivity contribution in [3.05, 3.63) is 65.0 Å². The maximum atomic E-state index is 13.1. The summed E-state index contributed by atoms with van der Waals surface area (Å²) >= 11 is 0. The molecule has 2 aromatic rings. The molecule has 1 saturated heterocycles. The van der Waals surface area contributed by atoms with Crippen molar-refractivity contribution in [3.63, 3.8) is 0 Å². The van der Waals surface area contributed by atoms with Crippen LogP contribution in [0.4, 0.5) is 4.39 Å². The van der Waals surface area contributed by atoms with E-state index in [0.29, 0.717) is 37.1 Å². The minimum absolute atomic E-state index is 0.260. The van der Waals surface area contributed by atoms with E-state index < -0.39 is 6.10 Å². The minimum Gasteiger partial charge on any atom is -0.493 e. The van der Waals surface area contributed by atoms with Crippen LogP contribution in [-0.2, 0) is 11.3 Å². The first-order valence-electron chi connectivity index (χ1n) is 10.8. The number of guanidine groups is 1. The number of rotatable bonds is 9. The van der Waals surface area contributed by atoms with Crippen LogP contribution in [0, 0.1) is 18.7 Å². The van der Waals surface area contributed by atoms with Gasteiger partial charge in [0.1, 0.15) is 11.6 Å². The summed E-state index contributed by atoms with van der Waals surface area (Å²) in [6.07, 6.45) is 0.265. The number of aliphatic hydroxyl groups is 1. The summed E-state index contributed by atoms with van der Waals surface area (Å²) in [5.74, 6) is 1.55. The van der Waals surface area contributed by atoms with Gasteiger partial charge in [0, 0.05) is 31.2 Å². The van der Waals surface area contributed by atoms with Gasteiger partial charge in [-0.3, -0.25) is 0 Å². The predicted octanol–water partition coefficient (Wildman–Crippen LogP) is 3.34. The normalized spacial score (nSPS) is 17.4. The summed E-state index contributed by atoms with van der Waals surface area (Å²) in [5, 5.41) is 16.7. The van der Waals surface area contributed by atoms with Gasteiger partial charge in [0.25, 0.3) is 0 Å². The highest BCUT2D eigenvalue weighted by Gasteiger charge is 2.17. The summed E-state index contributed by atoms with van der Waals surface area (Å²) in [6.45, 7) is 7.62. The van der Waals surface area contributed by atoms with Gasteiger partial charge in [0.2, 0.25) is 0 Å². The molecular formula is C24H32FN3O3. The van der Waals surface area contributed by atoms with Crippen LogP contribution in [0.3, 0.4) is 0 Å². The highest BCUT2D eigenvalue weighted by atomic mass is 19.1. The number of nitrogens with zero attached hydrogens (tertiary/aromatic N) is 1. The van der Waals surface area contributed by atoms with Crippen molar-refractivity contribution in [3.8, 4) is 5.75 Å². The van der Waals surface area contributed by atoms with Gasteiger partial charge in [-0.25, -0.2) is 9.38 Å². The van der Waals surface area contributed by atoms with Gasteiger partial charge in [-0.2, -0.15) is 0 Å². The number of halogens is 1. The van der Waals surface area contributed by atoms with Gasteiger partial charge in [0.05, 0.1) is 25.9 Å². The number of aryl methyl sites for hydroxylation is 1. The molecule has 2 unspecified atom stereocenters. The first-order valence-corrected chi connectivity index (χ1v) is 10.8. The zero-order chi connectivity index (χ0) is 22.1. The Morgan fingerprint density at radius 2 is 2.06 bits per heavy atom. The summed E-state index contributed by atoms with van der Waals surface area (Å²) in [7, 11) is 0. The molecule has 3 rings (SSSR count). The van der Waals surface area contributed by atoms with E-state index >= 15 is 0 Å². The molecule has 31 heavy (non-hydrogen) atoms. The number of hydrogen-bond donors (Lipinski definition) is 3. The van der Waals surface area contributed by atoms with Crippen LogP contribution in [0.1, 0.15) is 36.1 Å². The Balaban J connectivity index is 1.61. The lowest BCUT2D eigenvalue weighted by molar-refractivity contribution is 0.166. The van der Waals surface area contributed by atoms with E-state index in [1.54, 1.807) is 12.1 Å². The number of hydrogen-bond acceptors (Lipinski definition) is 4. The van der Waals surface area contributed by atoms with Gasteiger partial charge >= 0.3 is 0 Å². The molecule has 2 aromatic carbocycles. The predicted molar refractivity (Wildman–Crippen MR) is 120 cm³/mol. The molecule has 6 nitrogen and oxygen atoms in total. The van der Waals surface area contributed by atoms with Crippen molar-refractivity contribution in [2.45, 2.75) is 32.9 Å². The second-order valence-electron chi connectivity index (χ2n) is 7.80. The van der Waals surface area contributed by atoms with Gasteiger partial charge in [-0.15, -0.1) is 0 Å². The molecule has 3 N–H and O–H groups in total. The summed E-state index contributed by atoms with van der Waals surface area (Å²) < 4.78 is 24.6. The third-order valence-corrected chi connectivity index (χ3v) is 5.19. The van der Waals surface area contributed by atoms with Crippen molar-refractivity contribution < 1.29 is 19.0 Å². The number of aliphatic imine (C=N–C) groups is 1. The topological polar surface area (TPSA) is 75.1 Å². The van der Waals surface area contributed by atoms with Gasteiger partial charge in [-0.05, 0) is 49.6 Å². The standard InChI is InChI=1S/C24H32FN3O3/c1-3-26-24(28-14-22(29)19-6-8-21(25)9-7-19)27-13-20-5-4-17(2)12-23(20)31-16-18-10-11-30-15-18/h4-9,12,18,22,29H,3,10-11,13-16H2,1-2H3,(H2,26,27,28).